The molecule has 1 atom stereocenters. The molecule has 4 aromatic rings. The zero-order valence-corrected chi connectivity index (χ0v) is 35.8. The van der Waals surface area contributed by atoms with Gasteiger partial charge >= 0.3 is 5.97 Å². The number of aliphatic hydroxyl groups is 1. The van der Waals surface area contributed by atoms with Crippen molar-refractivity contribution in [3.63, 3.8) is 0 Å². The van der Waals surface area contributed by atoms with E-state index in [0.29, 0.717) is 120 Å². The Hall–Kier alpha value is -5.92. The van der Waals surface area contributed by atoms with E-state index >= 15 is 0 Å². The van der Waals surface area contributed by atoms with Gasteiger partial charge < -0.3 is 47.6 Å². The third-order valence-corrected chi connectivity index (χ3v) is 10.5. The molecule has 2 aromatic carbocycles. The Labute approximate surface area is 363 Å². The number of benzene rings is 2. The van der Waals surface area contributed by atoms with Gasteiger partial charge in [0, 0.05) is 28.0 Å². The van der Waals surface area contributed by atoms with Crippen molar-refractivity contribution >= 4 is 28.5 Å². The highest BCUT2D eigenvalue weighted by Gasteiger charge is 2.45. The molecule has 0 saturated heterocycles. The number of carbonyl (C=O) groups is 2. The molecule has 0 radical (unpaired) electrons. The van der Waals surface area contributed by atoms with E-state index in [1.54, 1.807) is 36.6 Å². The fourth-order valence-electron chi connectivity index (χ4n) is 7.17. The maximum absolute atomic E-state index is 13.6. The van der Waals surface area contributed by atoms with Crippen LogP contribution in [-0.2, 0) is 63.2 Å². The number of hydrazone groups is 1. The van der Waals surface area contributed by atoms with Gasteiger partial charge in [-0.05, 0) is 85.0 Å². The Morgan fingerprint density at radius 1 is 0.873 bits per heavy atom. The largest absolute Gasteiger partial charge is 0.491 e. The molecule has 19 heteroatoms. The second-order valence-corrected chi connectivity index (χ2v) is 14.5. The molecule has 0 unspecified atom stereocenters. The van der Waals surface area contributed by atoms with E-state index in [4.69, 9.17) is 48.4 Å². The molecule has 0 saturated carbocycles. The van der Waals surface area contributed by atoms with E-state index in [0.717, 1.165) is 22.1 Å². The van der Waals surface area contributed by atoms with E-state index in [1.807, 2.05) is 37.3 Å². The maximum Gasteiger partial charge on any atom is 0.343 e. The van der Waals surface area contributed by atoms with Gasteiger partial charge in [0.05, 0.1) is 101 Å². The molecule has 336 valence electrons. The summed E-state index contributed by atoms with van der Waals surface area (Å²) in [6.45, 7) is 10.3. The van der Waals surface area contributed by atoms with Crippen LogP contribution in [0.4, 0.5) is 0 Å². The summed E-state index contributed by atoms with van der Waals surface area (Å²) in [6, 6.07) is 14.4. The number of azide groups is 1. The minimum Gasteiger partial charge on any atom is -0.491 e. The monoisotopic (exact) mass is 871 g/mol. The summed E-state index contributed by atoms with van der Waals surface area (Å²) >= 11 is 0. The number of rotatable bonds is 26. The zero-order valence-electron chi connectivity index (χ0n) is 35.8. The maximum atomic E-state index is 13.6. The molecule has 0 bridgehead atoms. The van der Waals surface area contributed by atoms with Crippen LogP contribution in [-0.4, -0.2) is 118 Å². The number of ether oxygens (including phenoxy) is 8. The molecule has 2 aliphatic rings. The van der Waals surface area contributed by atoms with Gasteiger partial charge in [0.1, 0.15) is 24.7 Å². The third-order valence-electron chi connectivity index (χ3n) is 10.5. The number of amides is 1. The fourth-order valence-corrected chi connectivity index (χ4v) is 7.17. The molecule has 19 nitrogen and oxygen atoms in total. The Balaban J connectivity index is 0.888. The summed E-state index contributed by atoms with van der Waals surface area (Å²) < 4.78 is 45.6. The van der Waals surface area contributed by atoms with Crippen molar-refractivity contribution < 1.29 is 52.6 Å². The SMILES string of the molecule is CCc1c2c(nc3ccc(OCC(=O)N/N=C(/C)c4ccc(OCCOCCOCCOCCOCCOCCN=[N+]=[N-])cc4)cc13)-c1cc3c(c(=O)n1C2)COC(=O)[C@]3(O)CC. The van der Waals surface area contributed by atoms with Crippen molar-refractivity contribution in [3.05, 3.63) is 97.1 Å². The zero-order chi connectivity index (χ0) is 44.6. The second kappa shape index (κ2) is 23.0. The van der Waals surface area contributed by atoms with Crippen molar-refractivity contribution in [3.8, 4) is 22.9 Å². The first-order valence-electron chi connectivity index (χ1n) is 20.9. The first-order chi connectivity index (χ1) is 30.7. The van der Waals surface area contributed by atoms with Gasteiger partial charge in [-0.15, -0.1) is 0 Å². The standard InChI is InChI=1S/C44H53N7O12/c1-4-33-34-24-32(10-11-38(34)47-41-35(33)26-51-39(41)25-37-36(42(51)53)27-63-43(54)44(37,55)5-2)62-28-40(52)49-48-29(3)30-6-8-31(9-7-30)61-23-22-60-21-20-59-19-18-58-17-16-57-15-14-56-13-12-46-50-45/h6-11,24-25,55H,4-5,12-23,26-28H2,1-3H3,(H,49,52)/b48-29-/t44-/m0/s1. The van der Waals surface area contributed by atoms with Gasteiger partial charge in [0.25, 0.3) is 11.5 Å². The van der Waals surface area contributed by atoms with Gasteiger partial charge in [-0.25, -0.2) is 15.2 Å². The molecule has 2 N–H and O–H groups in total. The lowest BCUT2D eigenvalue weighted by molar-refractivity contribution is -0.172. The highest BCUT2D eigenvalue weighted by Crippen LogP contribution is 2.40. The summed E-state index contributed by atoms with van der Waals surface area (Å²) in [5.74, 6) is -0.0691. The van der Waals surface area contributed by atoms with Crippen LogP contribution >= 0.6 is 0 Å². The lowest BCUT2D eigenvalue weighted by atomic mass is 9.86. The molecule has 63 heavy (non-hydrogen) atoms. The van der Waals surface area contributed by atoms with E-state index in [9.17, 15) is 19.5 Å². The lowest BCUT2D eigenvalue weighted by Crippen LogP contribution is -2.44. The number of aryl methyl sites for hydroxylation is 1. The second-order valence-electron chi connectivity index (χ2n) is 14.5. The van der Waals surface area contributed by atoms with E-state index in [1.165, 1.54) is 0 Å². The highest BCUT2D eigenvalue weighted by atomic mass is 16.6. The fraction of sp³-hybridized carbons (Fsp3) is 0.477. The smallest absolute Gasteiger partial charge is 0.343 e. The first-order valence-corrected chi connectivity index (χ1v) is 20.9. The minimum atomic E-state index is -1.90. The summed E-state index contributed by atoms with van der Waals surface area (Å²) in [6.07, 6.45) is 0.703. The number of aromatic nitrogens is 2. The van der Waals surface area contributed by atoms with Gasteiger partial charge in [-0.2, -0.15) is 5.10 Å². The molecule has 2 aromatic heterocycles. The van der Waals surface area contributed by atoms with Crippen molar-refractivity contribution in [2.24, 2.45) is 10.2 Å². The molecule has 0 spiro atoms. The number of nitrogens with zero attached hydrogens (tertiary/aromatic N) is 6. The quantitative estimate of drug-likeness (QED) is 0.0150. The summed E-state index contributed by atoms with van der Waals surface area (Å²) in [5.41, 5.74) is 14.2. The molecule has 0 fully saturated rings. The van der Waals surface area contributed by atoms with Crippen LogP contribution in [0.5, 0.6) is 11.5 Å². The topological polar surface area (TPSA) is 236 Å². The van der Waals surface area contributed by atoms with Gasteiger partial charge in [-0.1, -0.05) is 19.0 Å². The number of carbonyl (C=O) groups excluding carboxylic acids is 2. The highest BCUT2D eigenvalue weighted by molar-refractivity contribution is 5.99. The van der Waals surface area contributed by atoms with Crippen LogP contribution in [0.3, 0.4) is 0 Å². The Kier molecular flexibility index (Phi) is 17.0. The first kappa shape index (κ1) is 46.6. The van der Waals surface area contributed by atoms with Crippen LogP contribution in [0, 0.1) is 0 Å². The number of hydrogen-bond acceptors (Lipinski definition) is 15. The molecular formula is C44H53N7O12. The van der Waals surface area contributed by atoms with E-state index in [2.05, 4.69) is 20.6 Å². The Morgan fingerprint density at radius 2 is 1.51 bits per heavy atom. The molecule has 2 aliphatic heterocycles. The van der Waals surface area contributed by atoms with Crippen molar-refractivity contribution in [1.29, 1.82) is 0 Å². The van der Waals surface area contributed by atoms with Crippen LogP contribution in [0.1, 0.15) is 55.0 Å². The van der Waals surface area contributed by atoms with E-state index < -0.39 is 17.5 Å². The Morgan fingerprint density at radius 3 is 2.14 bits per heavy atom. The summed E-state index contributed by atoms with van der Waals surface area (Å²) in [4.78, 5) is 46.5. The van der Waals surface area contributed by atoms with Crippen LogP contribution in [0.15, 0.2) is 63.5 Å². The molecule has 1 amide bonds. The molecular weight excluding hydrogens is 819 g/mol. The van der Waals surface area contributed by atoms with E-state index in [-0.39, 0.29) is 42.9 Å². The van der Waals surface area contributed by atoms with Crippen molar-refractivity contribution in [2.45, 2.75) is 52.4 Å². The number of pyridine rings is 2. The Bertz CT molecular complexity index is 2360. The van der Waals surface area contributed by atoms with Crippen molar-refractivity contribution in [2.75, 3.05) is 85.8 Å². The number of nitrogens with one attached hydrogen (secondary N) is 1. The molecule has 6 rings (SSSR count). The summed E-state index contributed by atoms with van der Waals surface area (Å²) in [5, 5.41) is 19.7. The number of fused-ring (bicyclic) bond motifs is 5. The predicted octanol–water partition coefficient (Wildman–Crippen LogP) is 4.33. The van der Waals surface area contributed by atoms with Gasteiger partial charge in [-0.3, -0.25) is 9.59 Å². The van der Waals surface area contributed by atoms with Crippen LogP contribution < -0.4 is 20.5 Å². The van der Waals surface area contributed by atoms with Gasteiger partial charge in [0.15, 0.2) is 12.2 Å². The molecule has 0 aliphatic carbocycles. The average molecular weight is 872 g/mol. The lowest BCUT2D eigenvalue weighted by Gasteiger charge is -2.31. The minimum absolute atomic E-state index is 0.0643. The number of hydrogen-bond donors (Lipinski definition) is 2. The van der Waals surface area contributed by atoms with Crippen LogP contribution in [0.25, 0.3) is 32.7 Å². The molecule has 4 heterocycles. The number of esters is 1. The van der Waals surface area contributed by atoms with Gasteiger partial charge in [0.2, 0.25) is 0 Å². The van der Waals surface area contributed by atoms with Crippen LogP contribution in [0.2, 0.25) is 0 Å². The average Bonchev–Trinajstić information content (AvgIpc) is 3.67. The van der Waals surface area contributed by atoms with Crippen molar-refractivity contribution in [1.82, 2.24) is 15.0 Å². The predicted molar refractivity (Wildman–Crippen MR) is 230 cm³/mol. The third kappa shape index (κ3) is 11.8. The normalized spacial score (nSPS) is 15.3. The number of cyclic esters (lactones) is 1. The summed E-state index contributed by atoms with van der Waals surface area (Å²) in [7, 11) is 0.